The van der Waals surface area contributed by atoms with E-state index < -0.39 is 0 Å². The number of carbonyl (C=O) groups excluding carboxylic acids is 4. The summed E-state index contributed by atoms with van der Waals surface area (Å²) in [6.45, 7) is 11.4. The maximum atomic E-state index is 14.3. The third kappa shape index (κ3) is 3.64. The van der Waals surface area contributed by atoms with Gasteiger partial charge in [-0.15, -0.1) is 0 Å². The number of fused-ring (bicyclic) bond motifs is 10. The van der Waals surface area contributed by atoms with Crippen molar-refractivity contribution in [1.82, 2.24) is 0 Å². The summed E-state index contributed by atoms with van der Waals surface area (Å²) in [7, 11) is 0. The van der Waals surface area contributed by atoms with Gasteiger partial charge in [0.1, 0.15) is 11.6 Å². The number of hydrogen-bond acceptors (Lipinski definition) is 4. The van der Waals surface area contributed by atoms with E-state index in [1.165, 1.54) is 12.0 Å². The van der Waals surface area contributed by atoms with E-state index in [9.17, 15) is 19.2 Å². The highest BCUT2D eigenvalue weighted by Crippen LogP contribution is 2.70. The Morgan fingerprint density at radius 1 is 0.705 bits per heavy atom. The first-order valence-electron chi connectivity index (χ1n) is 18.4. The van der Waals surface area contributed by atoms with Crippen LogP contribution in [0.1, 0.15) is 131 Å². The molecule has 0 amide bonds. The first-order chi connectivity index (χ1) is 20.8. The first-order valence-corrected chi connectivity index (χ1v) is 18.4. The molecule has 238 valence electrons. The molecular formula is C40H54O4. The number of Topliss-reactive ketones (excluding diaryl/α,β-unsaturated/α-hetero) is 3. The quantitative estimate of drug-likeness (QED) is 0.320. The topological polar surface area (TPSA) is 68.3 Å². The fourth-order valence-corrected chi connectivity index (χ4v) is 14.6. The number of hydrogen-bond donors (Lipinski definition) is 0. The van der Waals surface area contributed by atoms with Crippen molar-refractivity contribution in [2.24, 2.45) is 69.0 Å². The standard InChI is InChI=1S/C40H54O4/c1-22(41)27-10-11-28-25-8-9-32-36(34(43)16-19-38(32,3)30(25)14-17-37(27,28)2)33-21-24(42)20-23-6-7-26-29-12-13-35(44)39(29,4)18-15-31(26)40(23,33)5/h21,23,25-31H,6-20H2,1-5H3/t23?,25-,26-,27+,28-,29-,30-,31+,37+,38+,39-,40-/m0/s1. The average Bonchev–Trinajstić information content (AvgIpc) is 3.49. The third-order valence-corrected chi connectivity index (χ3v) is 16.8. The summed E-state index contributed by atoms with van der Waals surface area (Å²) >= 11 is 0. The van der Waals surface area contributed by atoms with Crippen LogP contribution in [-0.4, -0.2) is 23.1 Å². The van der Waals surface area contributed by atoms with Gasteiger partial charge in [-0.3, -0.25) is 19.2 Å². The van der Waals surface area contributed by atoms with E-state index in [-0.39, 0.29) is 39.1 Å². The predicted molar refractivity (Wildman–Crippen MR) is 170 cm³/mol. The Kier molecular flexibility index (Phi) is 6.45. The second kappa shape index (κ2) is 9.60. The molecule has 8 aliphatic rings. The summed E-state index contributed by atoms with van der Waals surface area (Å²) in [5.74, 6) is 5.06. The van der Waals surface area contributed by atoms with Gasteiger partial charge in [0.05, 0.1) is 0 Å². The van der Waals surface area contributed by atoms with Crippen LogP contribution in [0.3, 0.4) is 0 Å². The van der Waals surface area contributed by atoms with Crippen molar-refractivity contribution in [3.05, 3.63) is 22.8 Å². The summed E-state index contributed by atoms with van der Waals surface area (Å²) < 4.78 is 0. The summed E-state index contributed by atoms with van der Waals surface area (Å²) in [6.07, 6.45) is 16.6. The normalized spacial score (nSPS) is 51.5. The van der Waals surface area contributed by atoms with Gasteiger partial charge in [-0.2, -0.15) is 0 Å². The number of carbonyl (C=O) groups is 4. The Hall–Kier alpha value is -1.84. The molecule has 0 heterocycles. The van der Waals surface area contributed by atoms with Crippen LogP contribution < -0.4 is 0 Å². The van der Waals surface area contributed by atoms with Crippen molar-refractivity contribution in [3.8, 4) is 0 Å². The molecule has 6 fully saturated rings. The van der Waals surface area contributed by atoms with E-state index in [2.05, 4.69) is 27.7 Å². The molecule has 0 radical (unpaired) electrons. The summed E-state index contributed by atoms with van der Waals surface area (Å²) in [5.41, 5.74) is 3.26. The summed E-state index contributed by atoms with van der Waals surface area (Å²) in [6, 6.07) is 0. The van der Waals surface area contributed by atoms with Crippen LogP contribution in [0.4, 0.5) is 0 Å². The molecule has 8 aliphatic carbocycles. The molecule has 1 unspecified atom stereocenters. The molecule has 12 atom stereocenters. The SMILES string of the molecule is CC(=O)[C@H]1CC[C@H]2[C@@H]3CCC4=C(C5=CC(=O)CC6CC[C@@H]7[C@@H](CC[C@]8(C)C(=O)CC[C@@H]78)[C@@]56C)C(=O)CC[C@]4(C)[C@H]3CC[C@]12C. The lowest BCUT2D eigenvalue weighted by molar-refractivity contribution is -0.136. The molecule has 0 N–H and O–H groups in total. The minimum Gasteiger partial charge on any atom is -0.300 e. The van der Waals surface area contributed by atoms with Gasteiger partial charge in [0.25, 0.3) is 0 Å². The van der Waals surface area contributed by atoms with Crippen LogP contribution in [0.15, 0.2) is 22.8 Å². The Morgan fingerprint density at radius 2 is 1.43 bits per heavy atom. The van der Waals surface area contributed by atoms with Gasteiger partial charge in [-0.1, -0.05) is 33.3 Å². The minimum absolute atomic E-state index is 0.00787. The zero-order chi connectivity index (χ0) is 31.0. The van der Waals surface area contributed by atoms with Crippen LogP contribution >= 0.6 is 0 Å². The Bertz CT molecular complexity index is 1420. The molecular weight excluding hydrogens is 544 g/mol. The van der Waals surface area contributed by atoms with E-state index in [0.717, 1.165) is 88.2 Å². The van der Waals surface area contributed by atoms with E-state index in [1.54, 1.807) is 0 Å². The minimum atomic E-state index is -0.178. The van der Waals surface area contributed by atoms with Crippen LogP contribution in [0.25, 0.3) is 0 Å². The van der Waals surface area contributed by atoms with Crippen molar-refractivity contribution in [3.63, 3.8) is 0 Å². The lowest BCUT2D eigenvalue weighted by Crippen LogP contribution is -2.55. The fraction of sp³-hybridized carbons (Fsp3) is 0.800. The van der Waals surface area contributed by atoms with E-state index >= 15 is 0 Å². The second-order valence-corrected chi connectivity index (χ2v) is 18.0. The number of ketones is 4. The first kappa shape index (κ1) is 29.6. The Balaban J connectivity index is 1.20. The van der Waals surface area contributed by atoms with Gasteiger partial charge in [-0.05, 0) is 153 Å². The van der Waals surface area contributed by atoms with E-state index in [1.807, 2.05) is 13.0 Å². The van der Waals surface area contributed by atoms with Gasteiger partial charge >= 0.3 is 0 Å². The van der Waals surface area contributed by atoms with Gasteiger partial charge in [0.2, 0.25) is 0 Å². The van der Waals surface area contributed by atoms with Gasteiger partial charge in [-0.25, -0.2) is 0 Å². The number of rotatable bonds is 2. The zero-order valence-corrected chi connectivity index (χ0v) is 27.9. The fourth-order valence-electron chi connectivity index (χ4n) is 14.6. The summed E-state index contributed by atoms with van der Waals surface area (Å²) in [4.78, 5) is 53.5. The number of allylic oxidation sites excluding steroid dienone is 3. The van der Waals surface area contributed by atoms with Crippen LogP contribution in [-0.2, 0) is 19.2 Å². The third-order valence-electron chi connectivity index (χ3n) is 16.8. The largest absolute Gasteiger partial charge is 0.300 e. The molecule has 0 saturated heterocycles. The van der Waals surface area contributed by atoms with Crippen molar-refractivity contribution >= 4 is 23.1 Å². The molecule has 4 heteroatoms. The van der Waals surface area contributed by atoms with Crippen molar-refractivity contribution in [1.29, 1.82) is 0 Å². The van der Waals surface area contributed by atoms with E-state index in [4.69, 9.17) is 0 Å². The van der Waals surface area contributed by atoms with Crippen molar-refractivity contribution < 1.29 is 19.2 Å². The molecule has 0 aliphatic heterocycles. The summed E-state index contributed by atoms with van der Waals surface area (Å²) in [5, 5.41) is 0. The predicted octanol–water partition coefficient (Wildman–Crippen LogP) is 8.42. The molecule has 0 spiro atoms. The molecule has 8 rings (SSSR count). The smallest absolute Gasteiger partial charge is 0.163 e. The second-order valence-electron chi connectivity index (χ2n) is 18.0. The molecule has 0 aromatic rings. The van der Waals surface area contributed by atoms with Crippen LogP contribution in [0.5, 0.6) is 0 Å². The molecule has 4 nitrogen and oxygen atoms in total. The van der Waals surface area contributed by atoms with Crippen LogP contribution in [0.2, 0.25) is 0 Å². The average molecular weight is 599 g/mol. The molecule has 0 aromatic carbocycles. The highest BCUT2D eigenvalue weighted by atomic mass is 16.1. The maximum absolute atomic E-state index is 14.3. The molecule has 0 bridgehead atoms. The molecule has 6 saturated carbocycles. The highest BCUT2D eigenvalue weighted by Gasteiger charge is 2.64. The van der Waals surface area contributed by atoms with Crippen molar-refractivity contribution in [2.75, 3.05) is 0 Å². The molecule has 0 aromatic heterocycles. The monoisotopic (exact) mass is 598 g/mol. The van der Waals surface area contributed by atoms with E-state index in [0.29, 0.717) is 65.8 Å². The zero-order valence-electron chi connectivity index (χ0n) is 27.9. The highest BCUT2D eigenvalue weighted by molar-refractivity contribution is 6.05. The van der Waals surface area contributed by atoms with Gasteiger partial charge in [0.15, 0.2) is 11.6 Å². The molecule has 44 heavy (non-hydrogen) atoms. The van der Waals surface area contributed by atoms with Crippen molar-refractivity contribution in [2.45, 2.75) is 131 Å². The lowest BCUT2D eigenvalue weighted by atomic mass is 9.42. The maximum Gasteiger partial charge on any atom is 0.163 e. The van der Waals surface area contributed by atoms with Gasteiger partial charge in [0, 0.05) is 36.2 Å². The Morgan fingerprint density at radius 3 is 2.20 bits per heavy atom. The Labute approximate surface area is 264 Å². The van der Waals surface area contributed by atoms with Crippen LogP contribution in [0, 0.1) is 69.0 Å². The lowest BCUT2D eigenvalue weighted by Gasteiger charge is -2.61. The van der Waals surface area contributed by atoms with Gasteiger partial charge < -0.3 is 0 Å².